The fraction of sp³-hybridized carbons (Fsp3) is 0.684. The van der Waals surface area contributed by atoms with Crippen LogP contribution in [-0.4, -0.2) is 6.04 Å². The molecule has 4 bridgehead atoms. The Morgan fingerprint density at radius 1 is 1.14 bits per heavy atom. The van der Waals surface area contributed by atoms with Crippen LogP contribution in [0.2, 0.25) is 5.02 Å². The lowest BCUT2D eigenvalue weighted by Crippen LogP contribution is -2.54. The third-order valence-corrected chi connectivity index (χ3v) is 6.74. The number of nitrogens with one attached hydrogen (secondary N) is 1. The smallest absolute Gasteiger partial charge is 0.0409 e. The molecule has 5 rings (SSSR count). The highest BCUT2D eigenvalue weighted by molar-refractivity contribution is 6.30. The maximum absolute atomic E-state index is 6.09. The molecular formula is C19H26ClN. The molecule has 0 heterocycles. The zero-order valence-corrected chi connectivity index (χ0v) is 13.7. The highest BCUT2D eigenvalue weighted by atomic mass is 35.5. The Hall–Kier alpha value is -0.530. The fourth-order valence-electron chi connectivity index (χ4n) is 5.84. The predicted molar refractivity (Wildman–Crippen MR) is 88.4 cm³/mol. The summed E-state index contributed by atoms with van der Waals surface area (Å²) in [5.41, 5.74) is 1.90. The summed E-state index contributed by atoms with van der Waals surface area (Å²) in [5, 5.41) is 4.67. The minimum absolute atomic E-state index is 0.591. The highest BCUT2D eigenvalue weighted by Gasteiger charge is 2.52. The molecule has 1 aromatic carbocycles. The van der Waals surface area contributed by atoms with Crippen LogP contribution in [0, 0.1) is 23.2 Å². The van der Waals surface area contributed by atoms with Crippen molar-refractivity contribution in [1.82, 2.24) is 5.32 Å². The second kappa shape index (κ2) is 5.28. The van der Waals surface area contributed by atoms with Crippen molar-refractivity contribution >= 4 is 11.6 Å². The van der Waals surface area contributed by atoms with Gasteiger partial charge in [-0.2, -0.15) is 0 Å². The van der Waals surface area contributed by atoms with Crippen LogP contribution in [0.3, 0.4) is 0 Å². The number of rotatable bonds is 4. The van der Waals surface area contributed by atoms with Gasteiger partial charge < -0.3 is 5.32 Å². The van der Waals surface area contributed by atoms with Gasteiger partial charge in [0.05, 0.1) is 0 Å². The van der Waals surface area contributed by atoms with E-state index in [1.54, 1.807) is 0 Å². The third-order valence-electron chi connectivity index (χ3n) is 6.51. The van der Waals surface area contributed by atoms with Gasteiger partial charge in [0.15, 0.2) is 0 Å². The zero-order valence-electron chi connectivity index (χ0n) is 12.9. The Labute approximate surface area is 133 Å². The molecule has 1 nitrogen and oxygen atoms in total. The second-order valence-electron chi connectivity index (χ2n) is 8.01. The van der Waals surface area contributed by atoms with Crippen LogP contribution in [0.4, 0.5) is 0 Å². The Bertz CT molecular complexity index is 489. The quantitative estimate of drug-likeness (QED) is 0.822. The van der Waals surface area contributed by atoms with Crippen molar-refractivity contribution in [3.8, 4) is 0 Å². The van der Waals surface area contributed by atoms with Crippen molar-refractivity contribution in [2.45, 2.75) is 58.0 Å². The van der Waals surface area contributed by atoms with Crippen molar-refractivity contribution in [3.05, 3.63) is 34.9 Å². The van der Waals surface area contributed by atoms with E-state index in [0.717, 1.165) is 29.3 Å². The SMILES string of the molecule is CC(NCc1cccc(Cl)c1)C12CC3CC(CC(C3)C1)C2. The molecule has 1 aromatic rings. The minimum Gasteiger partial charge on any atom is -0.310 e. The first kappa shape index (κ1) is 14.1. The number of hydrogen-bond donors (Lipinski definition) is 1. The van der Waals surface area contributed by atoms with Gasteiger partial charge in [0.25, 0.3) is 0 Å². The standard InChI is InChI=1S/C19H26ClN/c1-13(21-12-14-3-2-4-18(20)8-14)19-9-15-5-16(10-19)7-17(6-15)11-19/h2-4,8,13,15-17,21H,5-7,9-12H2,1H3. The minimum atomic E-state index is 0.591. The molecule has 1 unspecified atom stereocenters. The highest BCUT2D eigenvalue weighted by Crippen LogP contribution is 2.61. The lowest BCUT2D eigenvalue weighted by molar-refractivity contribution is -0.0706. The Morgan fingerprint density at radius 2 is 1.76 bits per heavy atom. The molecule has 0 amide bonds. The molecule has 21 heavy (non-hydrogen) atoms. The van der Waals surface area contributed by atoms with Gasteiger partial charge in [0, 0.05) is 17.6 Å². The molecule has 4 aliphatic rings. The van der Waals surface area contributed by atoms with Crippen LogP contribution < -0.4 is 5.32 Å². The fourth-order valence-corrected chi connectivity index (χ4v) is 6.06. The van der Waals surface area contributed by atoms with Gasteiger partial charge in [-0.1, -0.05) is 23.7 Å². The molecule has 4 aliphatic carbocycles. The molecule has 0 saturated heterocycles. The van der Waals surface area contributed by atoms with E-state index in [9.17, 15) is 0 Å². The van der Waals surface area contributed by atoms with Crippen molar-refractivity contribution < 1.29 is 0 Å². The van der Waals surface area contributed by atoms with Gasteiger partial charge >= 0.3 is 0 Å². The summed E-state index contributed by atoms with van der Waals surface area (Å²) in [6, 6.07) is 8.89. The molecule has 1 atom stereocenters. The molecular weight excluding hydrogens is 278 g/mol. The van der Waals surface area contributed by atoms with E-state index in [1.165, 1.54) is 44.1 Å². The normalized spacial score (nSPS) is 38.7. The van der Waals surface area contributed by atoms with Gasteiger partial charge in [0.2, 0.25) is 0 Å². The maximum atomic E-state index is 6.09. The van der Waals surface area contributed by atoms with Crippen molar-refractivity contribution in [2.75, 3.05) is 0 Å². The molecule has 0 aliphatic heterocycles. The van der Waals surface area contributed by atoms with Crippen molar-refractivity contribution in [2.24, 2.45) is 23.2 Å². The first-order valence-electron chi connectivity index (χ1n) is 8.61. The van der Waals surface area contributed by atoms with Gasteiger partial charge in [-0.25, -0.2) is 0 Å². The van der Waals surface area contributed by atoms with Crippen LogP contribution in [0.15, 0.2) is 24.3 Å². The molecule has 0 aromatic heterocycles. The Morgan fingerprint density at radius 3 is 2.33 bits per heavy atom. The summed E-state index contributed by atoms with van der Waals surface area (Å²) in [5.74, 6) is 3.10. The zero-order chi connectivity index (χ0) is 14.4. The summed E-state index contributed by atoms with van der Waals surface area (Å²) < 4.78 is 0. The summed E-state index contributed by atoms with van der Waals surface area (Å²) in [6.45, 7) is 3.38. The predicted octanol–water partition coefficient (Wildman–Crippen LogP) is 5.03. The van der Waals surface area contributed by atoms with Crippen molar-refractivity contribution in [3.63, 3.8) is 0 Å². The number of hydrogen-bond acceptors (Lipinski definition) is 1. The summed E-state index contributed by atoms with van der Waals surface area (Å²) in [6.07, 6.45) is 9.01. The first-order valence-corrected chi connectivity index (χ1v) is 8.99. The van der Waals surface area contributed by atoms with E-state index in [0.29, 0.717) is 11.5 Å². The third kappa shape index (κ3) is 2.64. The molecule has 4 fully saturated rings. The summed E-state index contributed by atoms with van der Waals surface area (Å²) in [4.78, 5) is 0. The van der Waals surface area contributed by atoms with E-state index in [4.69, 9.17) is 11.6 Å². The molecule has 0 radical (unpaired) electrons. The number of halogens is 1. The molecule has 114 valence electrons. The lowest BCUT2D eigenvalue weighted by Gasteiger charge is -2.59. The van der Waals surface area contributed by atoms with E-state index in [1.807, 2.05) is 6.07 Å². The largest absolute Gasteiger partial charge is 0.310 e. The molecule has 1 N–H and O–H groups in total. The van der Waals surface area contributed by atoms with Crippen LogP contribution in [0.25, 0.3) is 0 Å². The first-order chi connectivity index (χ1) is 10.1. The summed E-state index contributed by atoms with van der Waals surface area (Å²) >= 11 is 6.09. The van der Waals surface area contributed by atoms with Crippen LogP contribution in [0.5, 0.6) is 0 Å². The van der Waals surface area contributed by atoms with Gasteiger partial charge in [-0.15, -0.1) is 0 Å². The van der Waals surface area contributed by atoms with Crippen LogP contribution in [-0.2, 0) is 6.54 Å². The van der Waals surface area contributed by atoms with E-state index in [2.05, 4.69) is 30.4 Å². The Kier molecular flexibility index (Phi) is 3.54. The monoisotopic (exact) mass is 303 g/mol. The van der Waals surface area contributed by atoms with E-state index < -0.39 is 0 Å². The topological polar surface area (TPSA) is 12.0 Å². The average Bonchev–Trinajstić information content (AvgIpc) is 2.43. The maximum Gasteiger partial charge on any atom is 0.0409 e. The van der Waals surface area contributed by atoms with Crippen LogP contribution in [0.1, 0.15) is 51.0 Å². The molecule has 0 spiro atoms. The van der Waals surface area contributed by atoms with Gasteiger partial charge in [-0.3, -0.25) is 0 Å². The van der Waals surface area contributed by atoms with E-state index in [-0.39, 0.29) is 0 Å². The average molecular weight is 304 g/mol. The summed E-state index contributed by atoms with van der Waals surface area (Å²) in [7, 11) is 0. The number of benzene rings is 1. The van der Waals surface area contributed by atoms with Crippen molar-refractivity contribution in [1.29, 1.82) is 0 Å². The van der Waals surface area contributed by atoms with Crippen LogP contribution >= 0.6 is 11.6 Å². The Balaban J connectivity index is 1.44. The second-order valence-corrected chi connectivity index (χ2v) is 8.45. The van der Waals surface area contributed by atoms with Gasteiger partial charge in [-0.05, 0) is 86.3 Å². The van der Waals surface area contributed by atoms with Gasteiger partial charge in [0.1, 0.15) is 0 Å². The molecule has 4 saturated carbocycles. The molecule has 2 heteroatoms. The van der Waals surface area contributed by atoms with E-state index >= 15 is 0 Å². The lowest BCUT2D eigenvalue weighted by atomic mass is 9.48.